The van der Waals surface area contributed by atoms with Crippen LogP contribution >= 0.6 is 34.7 Å². The summed E-state index contributed by atoms with van der Waals surface area (Å²) in [5.41, 5.74) is 1.89. The Morgan fingerprint density at radius 3 is 2.61 bits per heavy atom. The van der Waals surface area contributed by atoms with Crippen LogP contribution in [0, 0.1) is 0 Å². The highest BCUT2D eigenvalue weighted by Gasteiger charge is 2.31. The van der Waals surface area contributed by atoms with E-state index < -0.39 is 10.0 Å². The molecule has 3 heterocycles. The minimum absolute atomic E-state index is 0.0292. The molecule has 1 fully saturated rings. The first-order valence-electron chi connectivity index (χ1n) is 9.62. The number of nitrogens with zero attached hydrogens (tertiary/aromatic N) is 4. The zero-order chi connectivity index (χ0) is 22.0. The van der Waals surface area contributed by atoms with Crippen LogP contribution in [0.2, 0.25) is 4.34 Å². The summed E-state index contributed by atoms with van der Waals surface area (Å²) in [6, 6.07) is 10.9. The molecule has 0 aliphatic carbocycles. The number of hydrogen-bond acceptors (Lipinski definition) is 6. The van der Waals surface area contributed by atoms with E-state index in [4.69, 9.17) is 11.6 Å². The number of imidazole rings is 1. The number of para-hydroxylation sites is 2. The van der Waals surface area contributed by atoms with Crippen molar-refractivity contribution in [3.8, 4) is 0 Å². The monoisotopic (exact) mass is 496 g/mol. The smallest absolute Gasteiger partial charge is 0.252 e. The van der Waals surface area contributed by atoms with Crippen LogP contribution in [0.25, 0.3) is 11.0 Å². The third-order valence-electron chi connectivity index (χ3n) is 4.99. The number of benzene rings is 1. The Morgan fingerprint density at radius 1 is 1.19 bits per heavy atom. The number of rotatable bonds is 7. The third-order valence-corrected chi connectivity index (χ3v) is 9.55. The van der Waals surface area contributed by atoms with Gasteiger partial charge in [0.25, 0.3) is 10.0 Å². The number of sulfonamides is 1. The Hall–Kier alpha value is -1.85. The van der Waals surface area contributed by atoms with Crippen molar-refractivity contribution in [2.24, 2.45) is 0 Å². The van der Waals surface area contributed by atoms with E-state index in [-0.39, 0.29) is 29.0 Å². The van der Waals surface area contributed by atoms with E-state index in [2.05, 4.69) is 11.6 Å². The predicted octanol–water partition coefficient (Wildman–Crippen LogP) is 3.56. The Kier molecular flexibility index (Phi) is 6.73. The highest BCUT2D eigenvalue weighted by molar-refractivity contribution is 7.99. The van der Waals surface area contributed by atoms with Crippen LogP contribution in [0.3, 0.4) is 0 Å². The Bertz CT molecular complexity index is 1210. The first-order valence-corrected chi connectivity index (χ1v) is 13.2. The van der Waals surface area contributed by atoms with Gasteiger partial charge in [0.1, 0.15) is 4.21 Å². The number of aromatic nitrogens is 2. The van der Waals surface area contributed by atoms with Crippen molar-refractivity contribution in [1.29, 1.82) is 0 Å². The van der Waals surface area contributed by atoms with Gasteiger partial charge in [0.15, 0.2) is 5.16 Å². The molecule has 3 aromatic rings. The molecule has 0 atom stereocenters. The number of amides is 1. The number of carbonyl (C=O) groups excluding carboxylic acids is 1. The van der Waals surface area contributed by atoms with Gasteiger partial charge in [-0.15, -0.1) is 17.9 Å². The molecule has 4 rings (SSSR count). The van der Waals surface area contributed by atoms with Crippen molar-refractivity contribution in [2.75, 3.05) is 31.9 Å². The second-order valence-corrected chi connectivity index (χ2v) is 11.7. The van der Waals surface area contributed by atoms with E-state index in [1.807, 2.05) is 28.8 Å². The summed E-state index contributed by atoms with van der Waals surface area (Å²) < 4.78 is 29.6. The molecule has 11 heteroatoms. The van der Waals surface area contributed by atoms with Crippen LogP contribution in [0.4, 0.5) is 0 Å². The summed E-state index contributed by atoms with van der Waals surface area (Å²) in [7, 11) is -3.57. The van der Waals surface area contributed by atoms with Gasteiger partial charge in [-0.05, 0) is 24.3 Å². The Labute approximate surface area is 194 Å². The topological polar surface area (TPSA) is 75.5 Å². The summed E-state index contributed by atoms with van der Waals surface area (Å²) in [6.45, 7) is 5.68. The van der Waals surface area contributed by atoms with Gasteiger partial charge < -0.3 is 9.47 Å². The quantitative estimate of drug-likeness (QED) is 0.369. The summed E-state index contributed by atoms with van der Waals surface area (Å²) in [4.78, 5) is 19.1. The van der Waals surface area contributed by atoms with E-state index in [9.17, 15) is 13.2 Å². The van der Waals surface area contributed by atoms with E-state index in [1.165, 1.54) is 22.1 Å². The van der Waals surface area contributed by atoms with E-state index in [0.29, 0.717) is 24.0 Å². The molecule has 1 amide bonds. The highest BCUT2D eigenvalue weighted by atomic mass is 35.5. The minimum Gasteiger partial charge on any atom is -0.339 e. The van der Waals surface area contributed by atoms with Crippen LogP contribution in [-0.4, -0.2) is 65.0 Å². The van der Waals surface area contributed by atoms with Gasteiger partial charge in [-0.3, -0.25) is 4.79 Å². The van der Waals surface area contributed by atoms with Crippen LogP contribution in [0.15, 0.2) is 58.4 Å². The summed E-state index contributed by atoms with van der Waals surface area (Å²) in [5, 5.41) is 0.769. The molecule has 0 bridgehead atoms. The molecule has 1 saturated heterocycles. The number of allylic oxidation sites excluding steroid dienone is 1. The molecule has 7 nitrogen and oxygen atoms in total. The Morgan fingerprint density at radius 2 is 1.94 bits per heavy atom. The average Bonchev–Trinajstić information content (AvgIpc) is 3.37. The fourth-order valence-corrected chi connectivity index (χ4v) is 7.41. The first kappa shape index (κ1) is 22.3. The predicted molar refractivity (Wildman–Crippen MR) is 125 cm³/mol. The van der Waals surface area contributed by atoms with Crippen molar-refractivity contribution in [3.63, 3.8) is 0 Å². The van der Waals surface area contributed by atoms with E-state index in [0.717, 1.165) is 27.5 Å². The summed E-state index contributed by atoms with van der Waals surface area (Å²) in [5.74, 6) is 0.215. The number of thioether (sulfide) groups is 1. The van der Waals surface area contributed by atoms with Crippen molar-refractivity contribution in [2.45, 2.75) is 15.9 Å². The maximum Gasteiger partial charge on any atom is 0.252 e. The normalized spacial score (nSPS) is 15.5. The number of fused-ring (bicyclic) bond motifs is 1. The highest BCUT2D eigenvalue weighted by Crippen LogP contribution is 2.29. The first-order chi connectivity index (χ1) is 14.9. The second kappa shape index (κ2) is 9.33. The van der Waals surface area contributed by atoms with Gasteiger partial charge in [0, 0.05) is 32.7 Å². The van der Waals surface area contributed by atoms with E-state index in [1.54, 1.807) is 17.0 Å². The zero-order valence-corrected chi connectivity index (χ0v) is 19.8. The number of hydrogen-bond donors (Lipinski definition) is 0. The molecule has 0 unspecified atom stereocenters. The maximum atomic E-state index is 12.7. The van der Waals surface area contributed by atoms with Crippen molar-refractivity contribution in [1.82, 2.24) is 18.8 Å². The van der Waals surface area contributed by atoms with Crippen LogP contribution in [-0.2, 0) is 21.4 Å². The molecule has 31 heavy (non-hydrogen) atoms. The van der Waals surface area contributed by atoms with Gasteiger partial charge in [0.2, 0.25) is 5.91 Å². The third kappa shape index (κ3) is 4.68. The summed E-state index contributed by atoms with van der Waals surface area (Å²) >= 11 is 8.31. The van der Waals surface area contributed by atoms with Crippen LogP contribution in [0.1, 0.15) is 0 Å². The molecule has 1 aliphatic rings. The van der Waals surface area contributed by atoms with Gasteiger partial charge in [-0.1, -0.05) is 41.6 Å². The maximum absolute atomic E-state index is 12.7. The molecule has 2 aromatic heterocycles. The van der Waals surface area contributed by atoms with Gasteiger partial charge in [-0.25, -0.2) is 13.4 Å². The van der Waals surface area contributed by atoms with Gasteiger partial charge in [0.05, 0.1) is 21.1 Å². The number of piperazine rings is 1. The molecule has 0 N–H and O–H groups in total. The molecule has 0 spiro atoms. The second-order valence-electron chi connectivity index (χ2n) is 6.91. The Balaban J connectivity index is 1.37. The van der Waals surface area contributed by atoms with Gasteiger partial charge in [-0.2, -0.15) is 4.31 Å². The lowest BCUT2D eigenvalue weighted by molar-refractivity contribution is -0.129. The van der Waals surface area contributed by atoms with Crippen LogP contribution in [0.5, 0.6) is 0 Å². The standard InChI is InChI=1S/C20H21ClN4O3S3/c1-2-9-25-16-6-4-3-5-15(16)22-20(25)29-14-18(26)23-10-12-24(13-11-23)31(27,28)19-8-7-17(21)30-19/h2-8H,1,9-14H2. The van der Waals surface area contributed by atoms with Crippen molar-refractivity contribution < 1.29 is 13.2 Å². The summed E-state index contributed by atoms with van der Waals surface area (Å²) in [6.07, 6.45) is 1.81. The number of halogens is 1. The fraction of sp³-hybridized carbons (Fsp3) is 0.300. The number of carbonyl (C=O) groups is 1. The average molecular weight is 497 g/mol. The van der Waals surface area contributed by atoms with Crippen LogP contribution < -0.4 is 0 Å². The fourth-order valence-electron chi connectivity index (χ4n) is 3.43. The van der Waals surface area contributed by atoms with Gasteiger partial charge >= 0.3 is 0 Å². The molecule has 164 valence electrons. The zero-order valence-electron chi connectivity index (χ0n) is 16.6. The SMILES string of the molecule is C=CCn1c(SCC(=O)N2CCN(S(=O)(=O)c3ccc(Cl)s3)CC2)nc2ccccc21. The molecule has 1 aliphatic heterocycles. The molecular weight excluding hydrogens is 476 g/mol. The van der Waals surface area contributed by atoms with Crippen molar-refractivity contribution >= 4 is 61.7 Å². The van der Waals surface area contributed by atoms with Crippen molar-refractivity contribution in [3.05, 3.63) is 53.4 Å². The molecule has 0 saturated carbocycles. The molecule has 1 aromatic carbocycles. The molecule has 0 radical (unpaired) electrons. The lowest BCUT2D eigenvalue weighted by atomic mass is 10.3. The minimum atomic E-state index is -3.57. The lowest BCUT2D eigenvalue weighted by Gasteiger charge is -2.33. The lowest BCUT2D eigenvalue weighted by Crippen LogP contribution is -2.50. The molecular formula is C20H21ClN4O3S3. The number of thiophene rings is 1. The largest absolute Gasteiger partial charge is 0.339 e. The van der Waals surface area contributed by atoms with E-state index >= 15 is 0 Å².